The van der Waals surface area contributed by atoms with Gasteiger partial charge in [0, 0.05) is 25.2 Å². The summed E-state index contributed by atoms with van der Waals surface area (Å²) >= 11 is 0. The molecular weight excluding hydrogens is 274 g/mol. The van der Waals surface area contributed by atoms with Gasteiger partial charge in [0.1, 0.15) is 12.2 Å². The molecule has 1 atom stereocenters. The molecule has 0 fully saturated rings. The van der Waals surface area contributed by atoms with E-state index in [1.165, 1.54) is 16.5 Å². The summed E-state index contributed by atoms with van der Waals surface area (Å²) in [6, 6.07) is 16.6. The smallest absolute Gasteiger partial charge is 0.162 e. The third kappa shape index (κ3) is 2.23. The lowest BCUT2D eigenvalue weighted by Gasteiger charge is -2.35. The lowest BCUT2D eigenvalue weighted by Crippen LogP contribution is -2.43. The first-order valence-corrected chi connectivity index (χ1v) is 7.58. The Balaban J connectivity index is 1.61. The first kappa shape index (κ1) is 13.3. The summed E-state index contributed by atoms with van der Waals surface area (Å²) in [4.78, 5) is 0. The van der Waals surface area contributed by atoms with Crippen LogP contribution in [0.5, 0.6) is 11.5 Å². The van der Waals surface area contributed by atoms with Crippen LogP contribution in [0.4, 0.5) is 0 Å². The number of hydrogen-bond donors (Lipinski definition) is 0. The van der Waals surface area contributed by atoms with Crippen molar-refractivity contribution in [1.82, 2.24) is 4.57 Å². The predicted octanol–water partition coefficient (Wildman–Crippen LogP) is 3.95. The molecule has 2 heterocycles. The van der Waals surface area contributed by atoms with Gasteiger partial charge < -0.3 is 14.0 Å². The molecule has 3 nitrogen and oxygen atoms in total. The molecule has 3 aromatic rings. The van der Waals surface area contributed by atoms with Crippen LogP contribution in [0.2, 0.25) is 0 Å². The van der Waals surface area contributed by atoms with E-state index in [1.54, 1.807) is 0 Å². The van der Waals surface area contributed by atoms with E-state index in [9.17, 15) is 0 Å². The molecule has 0 N–H and O–H groups in total. The van der Waals surface area contributed by atoms with Gasteiger partial charge in [-0.15, -0.1) is 0 Å². The van der Waals surface area contributed by atoms with Gasteiger partial charge >= 0.3 is 0 Å². The number of aromatic nitrogens is 1. The van der Waals surface area contributed by atoms with E-state index in [2.05, 4.69) is 49.0 Å². The summed E-state index contributed by atoms with van der Waals surface area (Å²) < 4.78 is 14.2. The van der Waals surface area contributed by atoms with Crippen LogP contribution in [0.1, 0.15) is 12.5 Å². The molecule has 0 saturated carbocycles. The zero-order valence-corrected chi connectivity index (χ0v) is 12.9. The first-order valence-electron chi connectivity index (χ1n) is 7.58. The number of hydrogen-bond acceptors (Lipinski definition) is 2. The number of para-hydroxylation sites is 2. The second-order valence-electron chi connectivity index (χ2n) is 6.28. The monoisotopic (exact) mass is 293 g/mol. The Labute approximate surface area is 130 Å². The average molecular weight is 293 g/mol. The van der Waals surface area contributed by atoms with Crippen molar-refractivity contribution in [2.45, 2.75) is 18.9 Å². The van der Waals surface area contributed by atoms with Gasteiger partial charge in [-0.3, -0.25) is 0 Å². The van der Waals surface area contributed by atoms with Crippen molar-refractivity contribution in [1.29, 1.82) is 0 Å². The topological polar surface area (TPSA) is 23.4 Å². The van der Waals surface area contributed by atoms with Gasteiger partial charge in [-0.2, -0.15) is 0 Å². The number of ether oxygens (including phenoxy) is 2. The average Bonchev–Trinajstić information content (AvgIpc) is 2.87. The molecule has 4 rings (SSSR count). The van der Waals surface area contributed by atoms with Crippen molar-refractivity contribution < 1.29 is 9.47 Å². The second-order valence-corrected chi connectivity index (χ2v) is 6.28. The minimum absolute atomic E-state index is 0.336. The fourth-order valence-corrected chi connectivity index (χ4v) is 3.14. The third-order valence-electron chi connectivity index (χ3n) is 4.27. The molecule has 0 saturated heterocycles. The van der Waals surface area contributed by atoms with E-state index in [-0.39, 0.29) is 5.60 Å². The maximum atomic E-state index is 6.21. The summed E-state index contributed by atoms with van der Waals surface area (Å²) in [5.74, 6) is 1.66. The van der Waals surface area contributed by atoms with Crippen LogP contribution >= 0.6 is 0 Å². The first-order chi connectivity index (χ1) is 10.6. The van der Waals surface area contributed by atoms with Crippen molar-refractivity contribution in [3.63, 3.8) is 0 Å². The fraction of sp³-hybridized carbons (Fsp3) is 0.263. The van der Waals surface area contributed by atoms with Crippen LogP contribution in [-0.4, -0.2) is 16.8 Å². The van der Waals surface area contributed by atoms with Crippen LogP contribution in [0.15, 0.2) is 54.7 Å². The summed E-state index contributed by atoms with van der Waals surface area (Å²) in [5, 5.41) is 1.26. The van der Waals surface area contributed by atoms with E-state index < -0.39 is 0 Å². The Morgan fingerprint density at radius 1 is 1.09 bits per heavy atom. The Kier molecular flexibility index (Phi) is 2.89. The largest absolute Gasteiger partial charge is 0.486 e. The summed E-state index contributed by atoms with van der Waals surface area (Å²) in [5.41, 5.74) is 2.18. The molecular formula is C19H19NO2. The third-order valence-corrected chi connectivity index (χ3v) is 4.27. The molecule has 1 aromatic heterocycles. The van der Waals surface area contributed by atoms with Crippen molar-refractivity contribution in [3.8, 4) is 11.5 Å². The zero-order valence-electron chi connectivity index (χ0n) is 12.9. The van der Waals surface area contributed by atoms with Gasteiger partial charge in [0.2, 0.25) is 0 Å². The highest BCUT2D eigenvalue weighted by Crippen LogP contribution is 2.36. The molecule has 1 aliphatic heterocycles. The lowest BCUT2D eigenvalue weighted by molar-refractivity contribution is 0.00660. The molecule has 0 radical (unpaired) electrons. The number of rotatable bonds is 2. The van der Waals surface area contributed by atoms with Gasteiger partial charge in [-0.1, -0.05) is 18.2 Å². The molecule has 0 bridgehead atoms. The normalized spacial score (nSPS) is 20.3. The Morgan fingerprint density at radius 3 is 2.77 bits per heavy atom. The number of benzene rings is 2. The van der Waals surface area contributed by atoms with E-state index >= 15 is 0 Å². The highest BCUT2D eigenvalue weighted by molar-refractivity contribution is 5.80. The van der Waals surface area contributed by atoms with E-state index in [0.717, 1.165) is 17.9 Å². The summed E-state index contributed by atoms with van der Waals surface area (Å²) in [6.45, 7) is 2.68. The molecule has 112 valence electrons. The zero-order chi connectivity index (χ0) is 15.2. The highest BCUT2D eigenvalue weighted by Gasteiger charge is 2.33. The molecule has 3 heteroatoms. The van der Waals surface area contributed by atoms with Gasteiger partial charge in [0.15, 0.2) is 11.5 Å². The lowest BCUT2D eigenvalue weighted by atomic mass is 9.95. The molecule has 1 aliphatic rings. The van der Waals surface area contributed by atoms with E-state index in [1.807, 2.05) is 24.3 Å². The van der Waals surface area contributed by atoms with Crippen molar-refractivity contribution in [2.24, 2.45) is 7.05 Å². The molecule has 0 aliphatic carbocycles. The van der Waals surface area contributed by atoms with Gasteiger partial charge in [-0.25, -0.2) is 0 Å². The molecule has 2 aromatic carbocycles. The molecule has 22 heavy (non-hydrogen) atoms. The van der Waals surface area contributed by atoms with Gasteiger partial charge in [-0.05, 0) is 48.2 Å². The predicted molar refractivity (Wildman–Crippen MR) is 87.6 cm³/mol. The quantitative estimate of drug-likeness (QED) is 0.714. The molecule has 0 spiro atoms. The SMILES string of the molecule is Cn1ccc2cc(C[C@@]3(C)COc4ccccc4O3)ccc21. The maximum Gasteiger partial charge on any atom is 0.162 e. The standard InChI is InChI=1S/C19H19NO2/c1-19(13-21-17-5-3-4-6-18(17)22-19)12-14-7-8-16-15(11-14)9-10-20(16)2/h3-11H,12-13H2,1-2H3/t19-/m0/s1. The summed E-state index contributed by atoms with van der Waals surface area (Å²) in [7, 11) is 2.07. The minimum atomic E-state index is -0.336. The van der Waals surface area contributed by atoms with Crippen LogP contribution in [0.3, 0.4) is 0 Å². The summed E-state index contributed by atoms with van der Waals surface area (Å²) in [6.07, 6.45) is 2.92. The second kappa shape index (κ2) is 4.80. The fourth-order valence-electron chi connectivity index (χ4n) is 3.14. The number of nitrogens with zero attached hydrogens (tertiary/aromatic N) is 1. The number of aryl methyl sites for hydroxylation is 1. The van der Waals surface area contributed by atoms with E-state index in [0.29, 0.717) is 6.61 Å². The minimum Gasteiger partial charge on any atom is -0.486 e. The van der Waals surface area contributed by atoms with Gasteiger partial charge in [0.25, 0.3) is 0 Å². The molecule has 0 unspecified atom stereocenters. The highest BCUT2D eigenvalue weighted by atomic mass is 16.6. The maximum absolute atomic E-state index is 6.21. The van der Waals surface area contributed by atoms with Crippen LogP contribution in [0.25, 0.3) is 10.9 Å². The van der Waals surface area contributed by atoms with E-state index in [4.69, 9.17) is 9.47 Å². The Hall–Kier alpha value is -2.42. The van der Waals surface area contributed by atoms with Crippen LogP contribution < -0.4 is 9.47 Å². The Morgan fingerprint density at radius 2 is 1.91 bits per heavy atom. The van der Waals surface area contributed by atoms with Gasteiger partial charge in [0.05, 0.1) is 0 Å². The molecule has 0 amide bonds. The Bertz CT molecular complexity index is 836. The van der Waals surface area contributed by atoms with Crippen molar-refractivity contribution in [2.75, 3.05) is 6.61 Å². The van der Waals surface area contributed by atoms with Crippen molar-refractivity contribution in [3.05, 3.63) is 60.3 Å². The van der Waals surface area contributed by atoms with Crippen molar-refractivity contribution >= 4 is 10.9 Å². The number of fused-ring (bicyclic) bond motifs is 2. The van der Waals surface area contributed by atoms with Crippen LogP contribution in [-0.2, 0) is 13.5 Å². The van der Waals surface area contributed by atoms with Crippen LogP contribution in [0, 0.1) is 0 Å².